The van der Waals surface area contributed by atoms with Gasteiger partial charge in [0.15, 0.2) is 0 Å². The van der Waals surface area contributed by atoms with Crippen molar-refractivity contribution >= 4 is 17.4 Å². The summed E-state index contributed by atoms with van der Waals surface area (Å²) in [4.78, 5) is 16.4. The van der Waals surface area contributed by atoms with Crippen molar-refractivity contribution in [3.8, 4) is 5.75 Å². The molecule has 2 heterocycles. The van der Waals surface area contributed by atoms with Gasteiger partial charge in [0.2, 0.25) is 5.91 Å². The number of amides is 1. The summed E-state index contributed by atoms with van der Waals surface area (Å²) < 4.78 is 10.7. The molecule has 1 aromatic carbocycles. The van der Waals surface area contributed by atoms with E-state index in [4.69, 9.17) is 9.47 Å². The second kappa shape index (κ2) is 8.48. The number of methoxy groups -OCH3 is 1. The summed E-state index contributed by atoms with van der Waals surface area (Å²) in [6.07, 6.45) is 4.52. The largest absolute Gasteiger partial charge is 0.497 e. The van der Waals surface area contributed by atoms with Gasteiger partial charge in [0.05, 0.1) is 31.5 Å². The van der Waals surface area contributed by atoms with Crippen LogP contribution in [0, 0.1) is 0 Å². The molecule has 0 bridgehead atoms. The molecule has 2 N–H and O–H groups in total. The highest BCUT2D eigenvalue weighted by molar-refractivity contribution is 5.91. The Morgan fingerprint density at radius 1 is 1.28 bits per heavy atom. The van der Waals surface area contributed by atoms with E-state index in [1.807, 2.05) is 30.3 Å². The number of hydrogen-bond donors (Lipinski definition) is 2. The van der Waals surface area contributed by atoms with Gasteiger partial charge < -0.3 is 20.1 Å². The zero-order chi connectivity index (χ0) is 17.5. The van der Waals surface area contributed by atoms with Crippen molar-refractivity contribution in [3.63, 3.8) is 0 Å². The molecule has 1 aromatic heterocycles. The summed E-state index contributed by atoms with van der Waals surface area (Å²) in [6, 6.07) is 11.1. The Morgan fingerprint density at radius 2 is 2.12 bits per heavy atom. The molecule has 25 heavy (non-hydrogen) atoms. The summed E-state index contributed by atoms with van der Waals surface area (Å²) in [5, 5.41) is 6.12. The van der Waals surface area contributed by atoms with Gasteiger partial charge in [-0.15, -0.1) is 0 Å². The molecule has 132 valence electrons. The predicted octanol–water partition coefficient (Wildman–Crippen LogP) is 2.86. The van der Waals surface area contributed by atoms with Gasteiger partial charge in [0.1, 0.15) is 11.6 Å². The standard InChI is InChI=1S/C19H23N3O3/c1-24-16-7-4-14(5-8-16)11-19(23)22-18-9-6-15(12-21-18)20-13-17-3-2-10-25-17/h4-9,12,17,20H,2-3,10-11,13H2,1H3,(H,21,22,23). The second-order valence-corrected chi connectivity index (χ2v) is 6.02. The van der Waals surface area contributed by atoms with Crippen molar-refractivity contribution in [3.05, 3.63) is 48.2 Å². The molecule has 1 amide bonds. The van der Waals surface area contributed by atoms with Gasteiger partial charge in [-0.2, -0.15) is 0 Å². The number of pyridine rings is 1. The van der Waals surface area contributed by atoms with Gasteiger partial charge in [0, 0.05) is 13.2 Å². The van der Waals surface area contributed by atoms with Crippen molar-refractivity contribution in [1.29, 1.82) is 0 Å². The van der Waals surface area contributed by atoms with Crippen LogP contribution in [0.2, 0.25) is 0 Å². The third kappa shape index (κ3) is 5.19. The molecule has 1 aliphatic heterocycles. The summed E-state index contributed by atoms with van der Waals surface area (Å²) in [7, 11) is 1.62. The topological polar surface area (TPSA) is 72.5 Å². The number of hydrogen-bond acceptors (Lipinski definition) is 5. The fraction of sp³-hybridized carbons (Fsp3) is 0.368. The van der Waals surface area contributed by atoms with E-state index in [-0.39, 0.29) is 12.0 Å². The maximum absolute atomic E-state index is 12.1. The molecule has 1 atom stereocenters. The number of rotatable bonds is 7. The fourth-order valence-electron chi connectivity index (χ4n) is 2.73. The summed E-state index contributed by atoms with van der Waals surface area (Å²) in [5.41, 5.74) is 1.84. The first-order valence-electron chi connectivity index (χ1n) is 8.47. The van der Waals surface area contributed by atoms with Crippen LogP contribution in [0.4, 0.5) is 11.5 Å². The van der Waals surface area contributed by atoms with Crippen molar-refractivity contribution in [2.24, 2.45) is 0 Å². The third-order valence-corrected chi connectivity index (χ3v) is 4.11. The van der Waals surface area contributed by atoms with Gasteiger partial charge in [-0.3, -0.25) is 4.79 Å². The minimum atomic E-state index is -0.0993. The molecule has 0 spiro atoms. The number of carbonyl (C=O) groups excluding carboxylic acids is 1. The Labute approximate surface area is 147 Å². The summed E-state index contributed by atoms with van der Waals surface area (Å²) >= 11 is 0. The maximum Gasteiger partial charge on any atom is 0.229 e. The molecule has 6 nitrogen and oxygen atoms in total. The SMILES string of the molecule is COc1ccc(CC(=O)Nc2ccc(NCC3CCCO3)cn2)cc1. The van der Waals surface area contributed by atoms with E-state index >= 15 is 0 Å². The molecular formula is C19H23N3O3. The van der Waals surface area contributed by atoms with Gasteiger partial charge in [-0.1, -0.05) is 12.1 Å². The Hall–Kier alpha value is -2.60. The Kier molecular flexibility index (Phi) is 5.85. The van der Waals surface area contributed by atoms with E-state index in [9.17, 15) is 4.79 Å². The first-order chi connectivity index (χ1) is 12.2. The fourth-order valence-corrected chi connectivity index (χ4v) is 2.73. The van der Waals surface area contributed by atoms with Crippen LogP contribution in [0.25, 0.3) is 0 Å². The number of carbonyl (C=O) groups is 1. The average molecular weight is 341 g/mol. The summed E-state index contributed by atoms with van der Waals surface area (Å²) in [5.74, 6) is 1.22. The highest BCUT2D eigenvalue weighted by atomic mass is 16.5. The third-order valence-electron chi connectivity index (χ3n) is 4.11. The van der Waals surface area contributed by atoms with Crippen LogP contribution in [0.15, 0.2) is 42.6 Å². The predicted molar refractivity (Wildman–Crippen MR) is 97.0 cm³/mol. The van der Waals surface area contributed by atoms with E-state index < -0.39 is 0 Å². The smallest absolute Gasteiger partial charge is 0.229 e. The number of anilines is 2. The number of ether oxygens (including phenoxy) is 2. The Morgan fingerprint density at radius 3 is 2.76 bits per heavy atom. The lowest BCUT2D eigenvalue weighted by atomic mass is 10.1. The molecule has 1 aliphatic rings. The normalized spacial score (nSPS) is 16.4. The van der Waals surface area contributed by atoms with Crippen LogP contribution in [-0.4, -0.2) is 37.3 Å². The van der Waals surface area contributed by atoms with Crippen LogP contribution in [0.5, 0.6) is 5.75 Å². The molecule has 2 aromatic rings. The van der Waals surface area contributed by atoms with Gasteiger partial charge in [-0.25, -0.2) is 4.98 Å². The highest BCUT2D eigenvalue weighted by Gasteiger charge is 2.14. The molecule has 6 heteroatoms. The zero-order valence-electron chi connectivity index (χ0n) is 14.3. The van der Waals surface area contributed by atoms with E-state index in [1.165, 1.54) is 0 Å². The van der Waals surface area contributed by atoms with Crippen molar-refractivity contribution < 1.29 is 14.3 Å². The molecule has 1 saturated heterocycles. The number of nitrogens with one attached hydrogen (secondary N) is 2. The van der Waals surface area contributed by atoms with Gasteiger partial charge in [-0.05, 0) is 42.7 Å². The number of nitrogens with zero attached hydrogens (tertiary/aromatic N) is 1. The Bertz CT molecular complexity index is 680. The first kappa shape index (κ1) is 17.2. The molecule has 0 radical (unpaired) electrons. The Balaban J connectivity index is 1.47. The van der Waals surface area contributed by atoms with Crippen LogP contribution >= 0.6 is 0 Å². The van der Waals surface area contributed by atoms with Gasteiger partial charge in [0.25, 0.3) is 0 Å². The van der Waals surface area contributed by atoms with Crippen LogP contribution < -0.4 is 15.4 Å². The molecule has 1 fully saturated rings. The minimum Gasteiger partial charge on any atom is -0.497 e. The summed E-state index contributed by atoms with van der Waals surface area (Å²) in [6.45, 7) is 1.63. The lowest BCUT2D eigenvalue weighted by Gasteiger charge is -2.12. The van der Waals surface area contributed by atoms with E-state index in [0.717, 1.165) is 43.0 Å². The van der Waals surface area contributed by atoms with E-state index in [2.05, 4.69) is 15.6 Å². The molecular weight excluding hydrogens is 318 g/mol. The number of aromatic nitrogens is 1. The van der Waals surface area contributed by atoms with E-state index in [0.29, 0.717) is 12.2 Å². The second-order valence-electron chi connectivity index (χ2n) is 6.02. The molecule has 0 saturated carbocycles. The first-order valence-corrected chi connectivity index (χ1v) is 8.47. The van der Waals surface area contributed by atoms with Gasteiger partial charge >= 0.3 is 0 Å². The van der Waals surface area contributed by atoms with Crippen LogP contribution in [-0.2, 0) is 16.0 Å². The van der Waals surface area contributed by atoms with E-state index in [1.54, 1.807) is 19.4 Å². The maximum atomic E-state index is 12.1. The number of benzene rings is 1. The van der Waals surface area contributed by atoms with Crippen molar-refractivity contribution in [2.75, 3.05) is 30.9 Å². The molecule has 1 unspecified atom stereocenters. The van der Waals surface area contributed by atoms with Crippen molar-refractivity contribution in [2.45, 2.75) is 25.4 Å². The van der Waals surface area contributed by atoms with Crippen molar-refractivity contribution in [1.82, 2.24) is 4.98 Å². The lowest BCUT2D eigenvalue weighted by molar-refractivity contribution is -0.115. The minimum absolute atomic E-state index is 0.0993. The molecule has 0 aliphatic carbocycles. The quantitative estimate of drug-likeness (QED) is 0.810. The lowest BCUT2D eigenvalue weighted by Crippen LogP contribution is -2.18. The average Bonchev–Trinajstić information content (AvgIpc) is 3.15. The van der Waals surface area contributed by atoms with Crippen LogP contribution in [0.3, 0.4) is 0 Å². The van der Waals surface area contributed by atoms with Crippen LogP contribution in [0.1, 0.15) is 18.4 Å². The zero-order valence-corrected chi connectivity index (χ0v) is 14.3. The molecule has 3 rings (SSSR count). The monoisotopic (exact) mass is 341 g/mol. The highest BCUT2D eigenvalue weighted by Crippen LogP contribution is 2.15.